The molecule has 0 amide bonds. The average Bonchev–Trinajstić information content (AvgIpc) is 2.73. The van der Waals surface area contributed by atoms with Gasteiger partial charge in [-0.05, 0) is 0 Å². The summed E-state index contributed by atoms with van der Waals surface area (Å²) in [4.78, 5) is 0. The van der Waals surface area contributed by atoms with Gasteiger partial charge in [-0.3, -0.25) is 0 Å². The Bertz CT molecular complexity index is 159. The Morgan fingerprint density at radius 1 is 0.562 bits per heavy atom. The van der Waals surface area contributed by atoms with Crippen LogP contribution in [0, 0.1) is 0 Å². The molecule has 2 aliphatic rings. The molecule has 16 heavy (non-hydrogen) atoms. The average molecular weight is 479 g/mol. The first-order chi connectivity index (χ1) is 7.88. The molecule has 0 nitrogen and oxygen atoms in total. The van der Waals surface area contributed by atoms with Crippen LogP contribution in [-0.2, 0) is 0 Å². The SMILES string of the molecule is [Br][Tl]([CH]1CCCCCC1)[CH]1CCCCCC1. The summed E-state index contributed by atoms with van der Waals surface area (Å²) < 4.78 is 2.43. The zero-order valence-electron chi connectivity index (χ0n) is 10.6. The van der Waals surface area contributed by atoms with E-state index >= 15 is 0 Å². The first kappa shape index (κ1) is 13.8. The van der Waals surface area contributed by atoms with E-state index < -0.39 is 20.3 Å². The monoisotopic (exact) mass is 478 g/mol. The second kappa shape index (κ2) is 7.75. The molecule has 0 aliphatic heterocycles. The molecule has 0 N–H and O–H groups in total. The molecule has 2 aliphatic carbocycles. The summed E-state index contributed by atoms with van der Waals surface area (Å²) in [5.74, 6) is 0. The molecule has 0 atom stereocenters. The van der Waals surface area contributed by atoms with Crippen molar-refractivity contribution < 1.29 is 0 Å². The Hall–Kier alpha value is 1.40. The molecule has 2 heteroatoms. The summed E-state index contributed by atoms with van der Waals surface area (Å²) in [7, 11) is 0. The molecule has 0 saturated heterocycles. The van der Waals surface area contributed by atoms with E-state index in [2.05, 4.69) is 12.0 Å². The maximum absolute atomic E-state index is 4.29. The fourth-order valence-corrected chi connectivity index (χ4v) is 24.5. The van der Waals surface area contributed by atoms with Crippen molar-refractivity contribution in [2.45, 2.75) is 84.0 Å². The van der Waals surface area contributed by atoms with Crippen molar-refractivity contribution >= 4 is 32.3 Å². The van der Waals surface area contributed by atoms with E-state index in [-0.39, 0.29) is 0 Å². The van der Waals surface area contributed by atoms with Gasteiger partial charge in [0, 0.05) is 0 Å². The van der Waals surface area contributed by atoms with Gasteiger partial charge in [0.2, 0.25) is 0 Å². The van der Waals surface area contributed by atoms with E-state index in [4.69, 9.17) is 0 Å². The van der Waals surface area contributed by atoms with Gasteiger partial charge < -0.3 is 0 Å². The summed E-state index contributed by atoms with van der Waals surface area (Å²) in [5, 5.41) is 0. The van der Waals surface area contributed by atoms with Crippen LogP contribution in [0.3, 0.4) is 0 Å². The summed E-state index contributed by atoms with van der Waals surface area (Å²) >= 11 is 2.81. The van der Waals surface area contributed by atoms with Crippen molar-refractivity contribution in [3.63, 3.8) is 0 Å². The molecule has 0 aromatic carbocycles. The predicted molar refractivity (Wildman–Crippen MR) is 77.6 cm³/mol. The first-order valence-corrected chi connectivity index (χ1v) is 22.4. The Morgan fingerprint density at radius 3 is 1.19 bits per heavy atom. The van der Waals surface area contributed by atoms with E-state index in [1.54, 1.807) is 51.4 Å². The Kier molecular flexibility index (Phi) is 6.70. The third-order valence-electron chi connectivity index (χ3n) is 4.70. The van der Waals surface area contributed by atoms with Crippen molar-refractivity contribution in [1.29, 1.82) is 0 Å². The quantitative estimate of drug-likeness (QED) is 0.347. The summed E-state index contributed by atoms with van der Waals surface area (Å²) in [6.45, 7) is 0. The maximum atomic E-state index is 4.29. The second-order valence-corrected chi connectivity index (χ2v) is 26.0. The van der Waals surface area contributed by atoms with Crippen LogP contribution >= 0.6 is 12.0 Å². The molecular formula is C14H26BrTl. The molecule has 0 aromatic heterocycles. The topological polar surface area (TPSA) is 0 Å². The molecule has 2 rings (SSSR count). The normalized spacial score (nSPS) is 26.1. The Morgan fingerprint density at radius 2 is 0.875 bits per heavy atom. The van der Waals surface area contributed by atoms with Gasteiger partial charge in [0.05, 0.1) is 0 Å². The van der Waals surface area contributed by atoms with Gasteiger partial charge in [-0.1, -0.05) is 0 Å². The number of hydrogen-bond acceptors (Lipinski definition) is 0. The van der Waals surface area contributed by atoms with Crippen molar-refractivity contribution in [1.82, 2.24) is 0 Å². The van der Waals surface area contributed by atoms with Gasteiger partial charge >= 0.3 is 116 Å². The first-order valence-electron chi connectivity index (χ1n) is 7.52. The van der Waals surface area contributed by atoms with Crippen molar-refractivity contribution in [2.75, 3.05) is 0 Å². The van der Waals surface area contributed by atoms with E-state index in [0.29, 0.717) is 0 Å². The molecule has 0 radical (unpaired) electrons. The molecule has 0 unspecified atom stereocenters. The number of hydrogen-bond donors (Lipinski definition) is 0. The summed E-state index contributed by atoms with van der Waals surface area (Å²) in [6, 6.07) is 0. The van der Waals surface area contributed by atoms with Crippen LogP contribution in [0.1, 0.15) is 77.0 Å². The van der Waals surface area contributed by atoms with Gasteiger partial charge in [-0.2, -0.15) is 0 Å². The van der Waals surface area contributed by atoms with Gasteiger partial charge in [-0.25, -0.2) is 0 Å². The van der Waals surface area contributed by atoms with Crippen LogP contribution in [0.5, 0.6) is 0 Å². The summed E-state index contributed by atoms with van der Waals surface area (Å²) in [6.07, 6.45) is 18.6. The van der Waals surface area contributed by atoms with Crippen molar-refractivity contribution in [2.24, 2.45) is 0 Å². The zero-order valence-corrected chi connectivity index (χ0v) is 16.7. The van der Waals surface area contributed by atoms with Gasteiger partial charge in [0.15, 0.2) is 0 Å². The fourth-order valence-electron chi connectivity index (χ4n) is 3.64. The van der Waals surface area contributed by atoms with Crippen LogP contribution in [0.2, 0.25) is 6.95 Å². The van der Waals surface area contributed by atoms with Gasteiger partial charge in [0.1, 0.15) is 0 Å². The summed E-state index contributed by atoms with van der Waals surface area (Å²) in [5.41, 5.74) is 0. The van der Waals surface area contributed by atoms with Crippen LogP contribution < -0.4 is 0 Å². The second-order valence-electron chi connectivity index (χ2n) is 5.95. The van der Waals surface area contributed by atoms with Crippen molar-refractivity contribution in [3.05, 3.63) is 0 Å². The molecule has 92 valence electrons. The molecule has 0 heterocycles. The Labute approximate surface area is 115 Å². The fraction of sp³-hybridized carbons (Fsp3) is 1.00. The zero-order chi connectivity index (χ0) is 11.2. The van der Waals surface area contributed by atoms with Crippen LogP contribution in [-0.4, -0.2) is 20.3 Å². The molecule has 0 aromatic rings. The molecule has 0 bridgehead atoms. The van der Waals surface area contributed by atoms with E-state index in [1.807, 2.05) is 0 Å². The van der Waals surface area contributed by atoms with E-state index in [0.717, 1.165) is 0 Å². The molecule has 2 saturated carbocycles. The third kappa shape index (κ3) is 4.25. The third-order valence-corrected chi connectivity index (χ3v) is 30.0. The van der Waals surface area contributed by atoms with Crippen LogP contribution in [0.15, 0.2) is 0 Å². The van der Waals surface area contributed by atoms with Gasteiger partial charge in [0.25, 0.3) is 0 Å². The molecular weight excluding hydrogens is 452 g/mol. The minimum atomic E-state index is -1.48. The van der Waals surface area contributed by atoms with Crippen LogP contribution in [0.4, 0.5) is 0 Å². The van der Waals surface area contributed by atoms with Gasteiger partial charge in [-0.15, -0.1) is 0 Å². The number of rotatable bonds is 2. The predicted octanol–water partition coefficient (Wildman–Crippen LogP) is 5.82. The van der Waals surface area contributed by atoms with E-state index in [1.165, 1.54) is 32.6 Å². The van der Waals surface area contributed by atoms with Crippen LogP contribution in [0.25, 0.3) is 0 Å². The number of halogens is 1. The standard InChI is InChI=1S/2C7H13.BrH.Tl/c2*1-2-4-6-7-5-3-1;;/h2*1H,2-7H2;1H;/q;;;+1/p-1. The Balaban J connectivity index is 1.85. The van der Waals surface area contributed by atoms with Crippen molar-refractivity contribution in [3.8, 4) is 0 Å². The minimum absolute atomic E-state index is 1.21. The molecule has 0 spiro atoms. The van der Waals surface area contributed by atoms with E-state index in [9.17, 15) is 0 Å². The molecule has 2 fully saturated rings.